The van der Waals surface area contributed by atoms with Gasteiger partial charge >= 0.3 is 0 Å². The first-order valence-electron chi connectivity index (χ1n) is 5.05. The summed E-state index contributed by atoms with van der Waals surface area (Å²) in [6.07, 6.45) is 1.52. The highest BCUT2D eigenvalue weighted by atomic mass is 79.9. The maximum Gasteiger partial charge on any atom is 0.210 e. The van der Waals surface area contributed by atoms with Gasteiger partial charge in [0.05, 0.1) is 0 Å². The van der Waals surface area contributed by atoms with E-state index < -0.39 is 5.82 Å². The lowest BCUT2D eigenvalue weighted by Gasteiger charge is -2.04. The molecule has 0 amide bonds. The van der Waals surface area contributed by atoms with Gasteiger partial charge in [0.1, 0.15) is 27.0 Å². The van der Waals surface area contributed by atoms with E-state index in [2.05, 4.69) is 15.9 Å². The van der Waals surface area contributed by atoms with Crippen LogP contribution in [0.4, 0.5) is 4.39 Å². The largest absolute Gasteiger partial charge is 0.460 e. The lowest BCUT2D eigenvalue weighted by molar-refractivity contribution is 0.523. The normalized spacial score (nSPS) is 10.9. The van der Waals surface area contributed by atoms with Gasteiger partial charge in [0, 0.05) is 6.42 Å². The Hall–Kier alpha value is -1.16. The van der Waals surface area contributed by atoms with Crippen LogP contribution in [0.15, 0.2) is 31.9 Å². The van der Waals surface area contributed by atoms with E-state index in [1.54, 1.807) is 6.07 Å². The standard InChI is InChI=1S/C12H10BrFO2/c1-2-4-9-11(13)12(15)10-7(14)5-3-6-8(10)16-9/h3,5-6H,2,4H2,1H3. The highest BCUT2D eigenvalue weighted by Crippen LogP contribution is 2.22. The van der Waals surface area contributed by atoms with E-state index in [1.165, 1.54) is 12.1 Å². The molecule has 0 aliphatic rings. The summed E-state index contributed by atoms with van der Waals surface area (Å²) >= 11 is 3.16. The fourth-order valence-electron chi connectivity index (χ4n) is 1.61. The lowest BCUT2D eigenvalue weighted by atomic mass is 10.2. The molecule has 0 spiro atoms. The third kappa shape index (κ3) is 1.78. The van der Waals surface area contributed by atoms with Crippen molar-refractivity contribution in [2.75, 3.05) is 0 Å². The van der Waals surface area contributed by atoms with Gasteiger partial charge in [-0.25, -0.2) is 4.39 Å². The Morgan fingerprint density at radius 3 is 2.88 bits per heavy atom. The molecule has 1 aromatic heterocycles. The molecular formula is C12H10BrFO2. The molecule has 0 fully saturated rings. The van der Waals surface area contributed by atoms with E-state index in [0.717, 1.165) is 6.42 Å². The number of rotatable bonds is 2. The molecule has 1 aromatic carbocycles. The van der Waals surface area contributed by atoms with E-state index in [4.69, 9.17) is 4.42 Å². The van der Waals surface area contributed by atoms with Gasteiger partial charge in [-0.2, -0.15) is 0 Å². The summed E-state index contributed by atoms with van der Waals surface area (Å²) in [4.78, 5) is 11.9. The molecule has 1 heterocycles. The first-order chi connectivity index (χ1) is 7.65. The Bertz CT molecular complexity index is 589. The third-order valence-corrected chi connectivity index (χ3v) is 3.16. The highest BCUT2D eigenvalue weighted by molar-refractivity contribution is 9.10. The molecule has 16 heavy (non-hydrogen) atoms. The zero-order chi connectivity index (χ0) is 11.7. The van der Waals surface area contributed by atoms with Crippen LogP contribution in [-0.2, 0) is 6.42 Å². The Balaban J connectivity index is 2.83. The summed E-state index contributed by atoms with van der Waals surface area (Å²) in [5.74, 6) is 0.0283. The van der Waals surface area contributed by atoms with Crippen LogP contribution in [0.2, 0.25) is 0 Å². The van der Waals surface area contributed by atoms with Gasteiger partial charge in [0.15, 0.2) is 0 Å². The van der Waals surface area contributed by atoms with Crippen molar-refractivity contribution in [3.63, 3.8) is 0 Å². The van der Waals surface area contributed by atoms with Gasteiger partial charge < -0.3 is 4.42 Å². The maximum absolute atomic E-state index is 13.5. The van der Waals surface area contributed by atoms with Crippen molar-refractivity contribution in [2.24, 2.45) is 0 Å². The molecule has 2 nitrogen and oxygen atoms in total. The molecule has 0 radical (unpaired) electrons. The summed E-state index contributed by atoms with van der Waals surface area (Å²) in [7, 11) is 0. The molecule has 4 heteroatoms. The predicted molar refractivity (Wildman–Crippen MR) is 64.1 cm³/mol. The molecule has 0 aliphatic heterocycles. The second-order valence-corrected chi connectivity index (χ2v) is 4.32. The minimum atomic E-state index is -0.546. The topological polar surface area (TPSA) is 30.2 Å². The van der Waals surface area contributed by atoms with Crippen LogP contribution in [0.5, 0.6) is 0 Å². The second kappa shape index (κ2) is 4.37. The van der Waals surface area contributed by atoms with Crippen LogP contribution >= 0.6 is 15.9 Å². The molecule has 84 valence electrons. The first kappa shape index (κ1) is 11.3. The Kier molecular flexibility index (Phi) is 3.10. The molecule has 0 saturated carbocycles. The van der Waals surface area contributed by atoms with Gasteiger partial charge in [-0.05, 0) is 34.5 Å². The third-order valence-electron chi connectivity index (χ3n) is 2.36. The van der Waals surface area contributed by atoms with Crippen molar-refractivity contribution >= 4 is 26.9 Å². The molecular weight excluding hydrogens is 275 g/mol. The summed E-state index contributed by atoms with van der Waals surface area (Å²) < 4.78 is 19.3. The smallest absolute Gasteiger partial charge is 0.210 e. The zero-order valence-corrected chi connectivity index (χ0v) is 10.3. The SMILES string of the molecule is CCCc1oc2cccc(F)c2c(=O)c1Br. The van der Waals surface area contributed by atoms with Gasteiger partial charge in [-0.15, -0.1) is 0 Å². The van der Waals surface area contributed by atoms with Crippen molar-refractivity contribution < 1.29 is 8.81 Å². The molecule has 0 N–H and O–H groups in total. The maximum atomic E-state index is 13.5. The average Bonchev–Trinajstić information content (AvgIpc) is 2.25. The quantitative estimate of drug-likeness (QED) is 0.843. The number of benzene rings is 1. The van der Waals surface area contributed by atoms with E-state index in [9.17, 15) is 9.18 Å². The molecule has 0 aliphatic carbocycles. The molecule has 2 aromatic rings. The summed E-state index contributed by atoms with van der Waals surface area (Å²) in [6, 6.07) is 4.39. The number of hydrogen-bond donors (Lipinski definition) is 0. The van der Waals surface area contributed by atoms with Gasteiger partial charge in [0.2, 0.25) is 5.43 Å². The van der Waals surface area contributed by atoms with E-state index >= 15 is 0 Å². The monoisotopic (exact) mass is 284 g/mol. The fourth-order valence-corrected chi connectivity index (χ4v) is 2.09. The minimum absolute atomic E-state index is 0.00854. The summed E-state index contributed by atoms with van der Waals surface area (Å²) in [5, 5.41) is 0.00854. The number of aryl methyl sites for hydroxylation is 1. The zero-order valence-electron chi connectivity index (χ0n) is 8.72. The fraction of sp³-hybridized carbons (Fsp3) is 0.250. The minimum Gasteiger partial charge on any atom is -0.460 e. The van der Waals surface area contributed by atoms with Crippen molar-refractivity contribution in [2.45, 2.75) is 19.8 Å². The van der Waals surface area contributed by atoms with E-state index in [1.807, 2.05) is 6.92 Å². The Morgan fingerprint density at radius 1 is 1.44 bits per heavy atom. The van der Waals surface area contributed by atoms with Crippen LogP contribution in [0.3, 0.4) is 0 Å². The number of fused-ring (bicyclic) bond motifs is 1. The van der Waals surface area contributed by atoms with Gasteiger partial charge in [-0.1, -0.05) is 13.0 Å². The van der Waals surface area contributed by atoms with Crippen molar-refractivity contribution in [3.05, 3.63) is 44.5 Å². The molecule has 2 rings (SSSR count). The number of hydrogen-bond acceptors (Lipinski definition) is 2. The van der Waals surface area contributed by atoms with Crippen molar-refractivity contribution in [3.8, 4) is 0 Å². The Morgan fingerprint density at radius 2 is 2.19 bits per heavy atom. The highest BCUT2D eigenvalue weighted by Gasteiger charge is 2.14. The first-order valence-corrected chi connectivity index (χ1v) is 5.84. The number of halogens is 2. The van der Waals surface area contributed by atoms with Crippen LogP contribution in [0.25, 0.3) is 11.0 Å². The van der Waals surface area contributed by atoms with Gasteiger partial charge in [0.25, 0.3) is 0 Å². The molecule has 0 unspecified atom stereocenters. The average molecular weight is 285 g/mol. The van der Waals surface area contributed by atoms with E-state index in [-0.39, 0.29) is 10.8 Å². The molecule has 0 bridgehead atoms. The second-order valence-electron chi connectivity index (χ2n) is 3.53. The molecule has 0 saturated heterocycles. The summed E-state index contributed by atoms with van der Waals surface area (Å²) in [6.45, 7) is 1.99. The van der Waals surface area contributed by atoms with Crippen LogP contribution in [0, 0.1) is 5.82 Å². The van der Waals surface area contributed by atoms with Crippen LogP contribution < -0.4 is 5.43 Å². The van der Waals surface area contributed by atoms with Crippen LogP contribution in [0.1, 0.15) is 19.1 Å². The van der Waals surface area contributed by atoms with Gasteiger partial charge in [-0.3, -0.25) is 4.79 Å². The summed E-state index contributed by atoms with van der Waals surface area (Å²) in [5.41, 5.74) is -0.0422. The predicted octanol–water partition coefficient (Wildman–Crippen LogP) is 3.65. The van der Waals surface area contributed by atoms with Crippen molar-refractivity contribution in [1.29, 1.82) is 0 Å². The lowest BCUT2D eigenvalue weighted by Crippen LogP contribution is -2.07. The Labute approximate surface area is 100 Å². The van der Waals surface area contributed by atoms with Crippen molar-refractivity contribution in [1.82, 2.24) is 0 Å². The van der Waals surface area contributed by atoms with Crippen LogP contribution in [-0.4, -0.2) is 0 Å². The molecule has 0 atom stereocenters. The van der Waals surface area contributed by atoms with E-state index in [0.29, 0.717) is 22.2 Å².